The van der Waals surface area contributed by atoms with Gasteiger partial charge in [0, 0.05) is 29.9 Å². The van der Waals surface area contributed by atoms with E-state index in [0.717, 1.165) is 29.5 Å². The van der Waals surface area contributed by atoms with Crippen LogP contribution in [-0.2, 0) is 0 Å². The fourth-order valence-corrected chi connectivity index (χ4v) is 2.11. The molecule has 0 aliphatic heterocycles. The van der Waals surface area contributed by atoms with Gasteiger partial charge in [0.15, 0.2) is 5.78 Å². The Labute approximate surface area is 120 Å². The molecule has 1 aromatic carbocycles. The number of aromatic nitrogens is 2. The first kappa shape index (κ1) is 14.4. The van der Waals surface area contributed by atoms with Crippen LogP contribution in [0.1, 0.15) is 43.5 Å². The number of benzene rings is 1. The van der Waals surface area contributed by atoms with Crippen molar-refractivity contribution in [2.24, 2.45) is 5.92 Å². The molecule has 0 radical (unpaired) electrons. The first-order valence-corrected chi connectivity index (χ1v) is 7.05. The van der Waals surface area contributed by atoms with Gasteiger partial charge in [0.05, 0.1) is 0 Å². The summed E-state index contributed by atoms with van der Waals surface area (Å²) in [6.45, 7) is 4.36. The van der Waals surface area contributed by atoms with E-state index in [0.29, 0.717) is 12.3 Å². The predicted molar refractivity (Wildman–Crippen MR) is 80.5 cm³/mol. The molecular weight excluding hydrogens is 248 g/mol. The second-order valence-electron chi connectivity index (χ2n) is 5.41. The number of carbonyl (C=O) groups is 1. The average molecular weight is 268 g/mol. The van der Waals surface area contributed by atoms with Crippen LogP contribution in [0.3, 0.4) is 0 Å². The normalized spacial score (nSPS) is 10.8. The van der Waals surface area contributed by atoms with E-state index >= 15 is 0 Å². The average Bonchev–Trinajstić information content (AvgIpc) is 2.48. The largest absolute Gasteiger partial charge is 0.294 e. The summed E-state index contributed by atoms with van der Waals surface area (Å²) in [5.74, 6) is 0.879. The molecule has 0 bridgehead atoms. The molecule has 0 aliphatic carbocycles. The van der Waals surface area contributed by atoms with Crippen LogP contribution < -0.4 is 0 Å². The second kappa shape index (κ2) is 6.94. The Morgan fingerprint density at radius 3 is 2.30 bits per heavy atom. The van der Waals surface area contributed by atoms with Crippen LogP contribution >= 0.6 is 0 Å². The molecule has 0 fully saturated rings. The highest BCUT2D eigenvalue weighted by Crippen LogP contribution is 2.19. The third-order valence-electron chi connectivity index (χ3n) is 3.29. The molecule has 3 heteroatoms. The van der Waals surface area contributed by atoms with Gasteiger partial charge in [-0.25, -0.2) is 9.97 Å². The molecule has 0 saturated carbocycles. The summed E-state index contributed by atoms with van der Waals surface area (Å²) < 4.78 is 0. The molecule has 0 amide bonds. The van der Waals surface area contributed by atoms with E-state index in [4.69, 9.17) is 0 Å². The van der Waals surface area contributed by atoms with Crippen LogP contribution in [0.25, 0.3) is 11.1 Å². The molecule has 2 rings (SSSR count). The van der Waals surface area contributed by atoms with E-state index in [1.807, 2.05) is 24.3 Å². The first-order valence-electron chi connectivity index (χ1n) is 7.05. The molecule has 0 atom stereocenters. The molecule has 3 nitrogen and oxygen atoms in total. The van der Waals surface area contributed by atoms with Gasteiger partial charge in [-0.05, 0) is 17.9 Å². The number of ketones is 1. The van der Waals surface area contributed by atoms with E-state index in [1.54, 1.807) is 12.4 Å². The Hall–Kier alpha value is -2.03. The lowest BCUT2D eigenvalue weighted by molar-refractivity contribution is 0.0978. The van der Waals surface area contributed by atoms with E-state index in [2.05, 4.69) is 23.8 Å². The molecule has 0 aliphatic rings. The molecule has 2 aromatic rings. The quantitative estimate of drug-likeness (QED) is 0.739. The summed E-state index contributed by atoms with van der Waals surface area (Å²) in [7, 11) is 0. The molecule has 20 heavy (non-hydrogen) atoms. The number of hydrogen-bond acceptors (Lipinski definition) is 3. The van der Waals surface area contributed by atoms with Crippen molar-refractivity contribution in [1.29, 1.82) is 0 Å². The van der Waals surface area contributed by atoms with Crippen LogP contribution in [-0.4, -0.2) is 15.8 Å². The Morgan fingerprint density at radius 2 is 1.70 bits per heavy atom. The standard InChI is InChI=1S/C17H20N2O/c1-13(2)4-3-5-17(20)15-8-6-14(7-9-15)16-10-18-12-19-11-16/h6-13H,3-5H2,1-2H3. The Kier molecular flexibility index (Phi) is 4.99. The van der Waals surface area contributed by atoms with Crippen molar-refractivity contribution in [1.82, 2.24) is 9.97 Å². The number of carbonyl (C=O) groups excluding carboxylic acids is 1. The SMILES string of the molecule is CC(C)CCCC(=O)c1ccc(-c2cncnc2)cc1. The van der Waals surface area contributed by atoms with Crippen LogP contribution in [0.2, 0.25) is 0 Å². The van der Waals surface area contributed by atoms with Gasteiger partial charge in [0.2, 0.25) is 0 Å². The van der Waals surface area contributed by atoms with Gasteiger partial charge < -0.3 is 0 Å². The highest BCUT2D eigenvalue weighted by Gasteiger charge is 2.07. The second-order valence-corrected chi connectivity index (χ2v) is 5.41. The monoisotopic (exact) mass is 268 g/mol. The third kappa shape index (κ3) is 3.98. The van der Waals surface area contributed by atoms with Gasteiger partial charge in [-0.3, -0.25) is 4.79 Å². The molecule has 1 heterocycles. The van der Waals surface area contributed by atoms with E-state index in [9.17, 15) is 4.79 Å². The minimum absolute atomic E-state index is 0.224. The van der Waals surface area contributed by atoms with Gasteiger partial charge in [-0.15, -0.1) is 0 Å². The maximum Gasteiger partial charge on any atom is 0.162 e. The number of Topliss-reactive ketones (excluding diaryl/α,β-unsaturated/α-hetero) is 1. The summed E-state index contributed by atoms with van der Waals surface area (Å²) >= 11 is 0. The van der Waals surface area contributed by atoms with Crippen LogP contribution in [0, 0.1) is 5.92 Å². The smallest absolute Gasteiger partial charge is 0.162 e. The minimum Gasteiger partial charge on any atom is -0.294 e. The number of nitrogens with zero attached hydrogens (tertiary/aromatic N) is 2. The number of rotatable bonds is 6. The van der Waals surface area contributed by atoms with Crippen LogP contribution in [0.15, 0.2) is 43.0 Å². The lowest BCUT2D eigenvalue weighted by Crippen LogP contribution is -2.00. The first-order chi connectivity index (χ1) is 9.66. The van der Waals surface area contributed by atoms with E-state index in [1.165, 1.54) is 6.33 Å². The zero-order valence-electron chi connectivity index (χ0n) is 12.0. The summed E-state index contributed by atoms with van der Waals surface area (Å²) in [4.78, 5) is 20.0. The number of hydrogen-bond donors (Lipinski definition) is 0. The van der Waals surface area contributed by atoms with Crippen molar-refractivity contribution in [3.63, 3.8) is 0 Å². The zero-order chi connectivity index (χ0) is 14.4. The summed E-state index contributed by atoms with van der Waals surface area (Å²) in [5, 5.41) is 0. The van der Waals surface area contributed by atoms with Crippen molar-refractivity contribution >= 4 is 5.78 Å². The van der Waals surface area contributed by atoms with E-state index in [-0.39, 0.29) is 5.78 Å². The molecular formula is C17H20N2O. The molecule has 0 spiro atoms. The molecule has 1 aromatic heterocycles. The lowest BCUT2D eigenvalue weighted by atomic mass is 9.99. The van der Waals surface area contributed by atoms with Crippen molar-refractivity contribution < 1.29 is 4.79 Å². The van der Waals surface area contributed by atoms with Crippen molar-refractivity contribution in [3.05, 3.63) is 48.5 Å². The van der Waals surface area contributed by atoms with E-state index < -0.39 is 0 Å². The predicted octanol–water partition coefficient (Wildman–Crippen LogP) is 4.15. The maximum atomic E-state index is 12.0. The molecule has 0 unspecified atom stereocenters. The van der Waals surface area contributed by atoms with Gasteiger partial charge in [0.25, 0.3) is 0 Å². The summed E-state index contributed by atoms with van der Waals surface area (Å²) in [6.07, 6.45) is 7.75. The highest BCUT2D eigenvalue weighted by atomic mass is 16.1. The van der Waals surface area contributed by atoms with Crippen molar-refractivity contribution in [2.75, 3.05) is 0 Å². The topological polar surface area (TPSA) is 42.9 Å². The zero-order valence-corrected chi connectivity index (χ0v) is 12.0. The summed E-state index contributed by atoms with van der Waals surface area (Å²) in [6, 6.07) is 7.68. The Balaban J connectivity index is 1.99. The Bertz CT molecular complexity index is 547. The molecule has 104 valence electrons. The minimum atomic E-state index is 0.224. The van der Waals surface area contributed by atoms with Gasteiger partial charge in [0.1, 0.15) is 6.33 Å². The van der Waals surface area contributed by atoms with Gasteiger partial charge in [-0.1, -0.05) is 44.5 Å². The third-order valence-corrected chi connectivity index (χ3v) is 3.29. The molecule has 0 saturated heterocycles. The van der Waals surface area contributed by atoms with Crippen LogP contribution in [0.5, 0.6) is 0 Å². The lowest BCUT2D eigenvalue weighted by Gasteiger charge is -2.05. The maximum absolute atomic E-state index is 12.0. The highest BCUT2D eigenvalue weighted by molar-refractivity contribution is 5.96. The fraction of sp³-hybridized carbons (Fsp3) is 0.353. The molecule has 0 N–H and O–H groups in total. The van der Waals surface area contributed by atoms with Crippen LogP contribution in [0.4, 0.5) is 0 Å². The van der Waals surface area contributed by atoms with Crippen molar-refractivity contribution in [3.8, 4) is 11.1 Å². The van der Waals surface area contributed by atoms with Gasteiger partial charge in [-0.2, -0.15) is 0 Å². The summed E-state index contributed by atoms with van der Waals surface area (Å²) in [5.41, 5.74) is 2.78. The fourth-order valence-electron chi connectivity index (χ4n) is 2.11. The van der Waals surface area contributed by atoms with Crippen molar-refractivity contribution in [2.45, 2.75) is 33.1 Å². The Morgan fingerprint density at radius 1 is 1.05 bits per heavy atom. The van der Waals surface area contributed by atoms with Gasteiger partial charge >= 0.3 is 0 Å².